The minimum absolute atomic E-state index is 0.0454. The van der Waals surface area contributed by atoms with E-state index in [9.17, 15) is 29.3 Å². The number of aromatic nitrogens is 1. The molecule has 2 rings (SSSR count). The fourth-order valence-corrected chi connectivity index (χ4v) is 2.99. The summed E-state index contributed by atoms with van der Waals surface area (Å²) < 4.78 is 14.5. The van der Waals surface area contributed by atoms with Crippen molar-refractivity contribution < 1.29 is 29.3 Å². The molecule has 7 nitrogen and oxygen atoms in total. The summed E-state index contributed by atoms with van der Waals surface area (Å²) in [6.45, 7) is 6.15. The van der Waals surface area contributed by atoms with Gasteiger partial charge in [-0.15, -0.1) is 0 Å². The number of Topliss-reactive ketones (excluding diaryl/α,β-unsaturated/α-hetero) is 1. The number of aliphatic hydroxyl groups is 2. The number of rotatable bonds is 9. The number of amides is 1. The highest BCUT2D eigenvalue weighted by molar-refractivity contribution is 5.93. The largest absolute Gasteiger partial charge is 0.508 e. The summed E-state index contributed by atoms with van der Waals surface area (Å²) in [5, 5.41) is 31.6. The molecule has 0 aliphatic carbocycles. The topological polar surface area (TPSA) is 120 Å². The zero-order valence-electron chi connectivity index (χ0n) is 18.2. The van der Waals surface area contributed by atoms with Gasteiger partial charge in [-0.3, -0.25) is 14.6 Å². The molecule has 0 saturated heterocycles. The maximum Gasteiger partial charge on any atom is 0.270 e. The number of nitrogens with one attached hydrogen (secondary N) is 1. The highest BCUT2D eigenvalue weighted by Crippen LogP contribution is 2.33. The average molecular weight is 432 g/mol. The first-order chi connectivity index (χ1) is 14.4. The van der Waals surface area contributed by atoms with E-state index in [1.165, 1.54) is 18.3 Å². The van der Waals surface area contributed by atoms with Crippen LogP contribution in [0.4, 0.5) is 4.39 Å². The van der Waals surface area contributed by atoms with E-state index >= 15 is 0 Å². The standard InChI is InChI=1S/C23H29FN2O5/c1-22(2,12-27)17-11-18(24)15(10-20(17)30)9-16(29)7-14-5-6-25-19(8-14)21(31)26-23(3,4)13-28/h5-6,8,10-11,27-28,30H,7,9,12-13H2,1-4H3,(H,26,31). The lowest BCUT2D eigenvalue weighted by atomic mass is 9.84. The third kappa shape index (κ3) is 6.32. The van der Waals surface area contributed by atoms with Crippen LogP contribution in [-0.2, 0) is 23.1 Å². The lowest BCUT2D eigenvalue weighted by molar-refractivity contribution is -0.117. The normalized spacial score (nSPS) is 12.0. The van der Waals surface area contributed by atoms with Crippen LogP contribution in [0.3, 0.4) is 0 Å². The molecule has 0 radical (unpaired) electrons. The maximum absolute atomic E-state index is 14.5. The van der Waals surface area contributed by atoms with Crippen molar-refractivity contribution in [2.75, 3.05) is 13.2 Å². The average Bonchev–Trinajstić information content (AvgIpc) is 2.70. The van der Waals surface area contributed by atoms with Crippen LogP contribution in [0.2, 0.25) is 0 Å². The molecule has 2 aromatic rings. The van der Waals surface area contributed by atoms with Crippen molar-refractivity contribution in [3.8, 4) is 5.75 Å². The van der Waals surface area contributed by atoms with Gasteiger partial charge in [0.1, 0.15) is 23.0 Å². The van der Waals surface area contributed by atoms with Crippen LogP contribution in [0, 0.1) is 5.82 Å². The van der Waals surface area contributed by atoms with Gasteiger partial charge in [0, 0.05) is 30.0 Å². The quantitative estimate of drug-likeness (QED) is 0.482. The Bertz CT molecular complexity index is 972. The van der Waals surface area contributed by atoms with Crippen LogP contribution in [0.25, 0.3) is 0 Å². The van der Waals surface area contributed by atoms with E-state index in [1.54, 1.807) is 33.8 Å². The Kier molecular flexibility index (Phi) is 7.51. The molecule has 1 heterocycles. The maximum atomic E-state index is 14.5. The number of phenolic OH excluding ortho intramolecular Hbond substituents is 1. The first-order valence-corrected chi connectivity index (χ1v) is 9.91. The summed E-state index contributed by atoms with van der Waals surface area (Å²) in [6, 6.07) is 5.42. The number of hydrogen-bond acceptors (Lipinski definition) is 6. The summed E-state index contributed by atoms with van der Waals surface area (Å²) in [5.41, 5.74) is -0.690. The van der Waals surface area contributed by atoms with Gasteiger partial charge in [-0.05, 0) is 49.2 Å². The van der Waals surface area contributed by atoms with E-state index in [2.05, 4.69) is 10.3 Å². The van der Waals surface area contributed by atoms with Gasteiger partial charge in [0.15, 0.2) is 0 Å². The number of ketones is 1. The van der Waals surface area contributed by atoms with Crippen molar-refractivity contribution in [2.24, 2.45) is 0 Å². The van der Waals surface area contributed by atoms with Crippen LogP contribution in [-0.4, -0.2) is 50.7 Å². The van der Waals surface area contributed by atoms with Crippen LogP contribution in [0.1, 0.15) is 54.9 Å². The molecule has 0 unspecified atom stereocenters. The van der Waals surface area contributed by atoms with Gasteiger partial charge in [0.25, 0.3) is 5.91 Å². The molecule has 0 atom stereocenters. The van der Waals surface area contributed by atoms with Crippen molar-refractivity contribution in [3.63, 3.8) is 0 Å². The summed E-state index contributed by atoms with van der Waals surface area (Å²) in [6.07, 6.45) is 1.12. The molecule has 168 valence electrons. The Morgan fingerprint density at radius 3 is 2.35 bits per heavy atom. The van der Waals surface area contributed by atoms with E-state index in [0.717, 1.165) is 6.07 Å². The van der Waals surface area contributed by atoms with E-state index in [1.807, 2.05) is 0 Å². The second-order valence-electron chi connectivity index (χ2n) is 8.94. The van der Waals surface area contributed by atoms with Gasteiger partial charge in [0.2, 0.25) is 0 Å². The predicted octanol–water partition coefficient (Wildman–Crippen LogP) is 2.05. The van der Waals surface area contributed by atoms with Crippen molar-refractivity contribution >= 4 is 11.7 Å². The molecule has 4 N–H and O–H groups in total. The number of aliphatic hydroxyl groups excluding tert-OH is 2. The third-order valence-electron chi connectivity index (χ3n) is 4.98. The van der Waals surface area contributed by atoms with Gasteiger partial charge in [0.05, 0.1) is 18.8 Å². The Balaban J connectivity index is 2.13. The van der Waals surface area contributed by atoms with Crippen LogP contribution in [0.5, 0.6) is 5.75 Å². The molecule has 0 bridgehead atoms. The number of halogens is 1. The Morgan fingerprint density at radius 2 is 1.74 bits per heavy atom. The van der Waals surface area contributed by atoms with Gasteiger partial charge < -0.3 is 20.6 Å². The van der Waals surface area contributed by atoms with E-state index < -0.39 is 22.7 Å². The van der Waals surface area contributed by atoms with Crippen molar-refractivity contribution in [3.05, 3.63) is 58.7 Å². The molecule has 0 aliphatic rings. The van der Waals surface area contributed by atoms with Crippen LogP contribution >= 0.6 is 0 Å². The number of hydrogen-bond donors (Lipinski definition) is 4. The van der Waals surface area contributed by atoms with Gasteiger partial charge in [-0.1, -0.05) is 13.8 Å². The van der Waals surface area contributed by atoms with Gasteiger partial charge in [-0.2, -0.15) is 0 Å². The lowest BCUT2D eigenvalue weighted by Crippen LogP contribution is -2.46. The highest BCUT2D eigenvalue weighted by Gasteiger charge is 2.25. The molecule has 0 fully saturated rings. The summed E-state index contributed by atoms with van der Waals surface area (Å²) in [5.74, 6) is -1.60. The number of phenols is 1. The predicted molar refractivity (Wildman–Crippen MR) is 113 cm³/mol. The molecule has 1 amide bonds. The number of carbonyl (C=O) groups excluding carboxylic acids is 2. The number of nitrogens with zero attached hydrogens (tertiary/aromatic N) is 1. The second-order valence-corrected chi connectivity index (χ2v) is 8.94. The molecule has 1 aromatic heterocycles. The zero-order chi connectivity index (χ0) is 23.4. The summed E-state index contributed by atoms with van der Waals surface area (Å²) in [4.78, 5) is 28.8. The summed E-state index contributed by atoms with van der Waals surface area (Å²) >= 11 is 0. The molecule has 8 heteroatoms. The number of benzene rings is 1. The Morgan fingerprint density at radius 1 is 1.06 bits per heavy atom. The van der Waals surface area contributed by atoms with Gasteiger partial charge >= 0.3 is 0 Å². The van der Waals surface area contributed by atoms with Crippen LogP contribution in [0.15, 0.2) is 30.5 Å². The number of pyridine rings is 1. The molecular weight excluding hydrogens is 403 g/mol. The minimum Gasteiger partial charge on any atom is -0.508 e. The zero-order valence-corrected chi connectivity index (χ0v) is 18.2. The lowest BCUT2D eigenvalue weighted by Gasteiger charge is -2.24. The van der Waals surface area contributed by atoms with E-state index in [0.29, 0.717) is 5.56 Å². The first-order valence-electron chi connectivity index (χ1n) is 9.91. The van der Waals surface area contributed by atoms with E-state index in [-0.39, 0.29) is 54.4 Å². The highest BCUT2D eigenvalue weighted by atomic mass is 19.1. The first kappa shape index (κ1) is 24.4. The minimum atomic E-state index is -0.827. The molecule has 1 aromatic carbocycles. The molecular formula is C23H29FN2O5. The molecule has 0 saturated carbocycles. The molecule has 0 spiro atoms. The Hall–Kier alpha value is -2.84. The fraction of sp³-hybridized carbons (Fsp3) is 0.435. The molecule has 0 aliphatic heterocycles. The van der Waals surface area contributed by atoms with E-state index in [4.69, 9.17) is 0 Å². The monoisotopic (exact) mass is 432 g/mol. The van der Waals surface area contributed by atoms with Crippen molar-refractivity contribution in [2.45, 2.75) is 51.5 Å². The molecule has 31 heavy (non-hydrogen) atoms. The van der Waals surface area contributed by atoms with Crippen LogP contribution < -0.4 is 5.32 Å². The van der Waals surface area contributed by atoms with Crippen molar-refractivity contribution in [1.29, 1.82) is 0 Å². The fourth-order valence-electron chi connectivity index (χ4n) is 2.99. The number of carbonyl (C=O) groups is 2. The van der Waals surface area contributed by atoms with Crippen molar-refractivity contribution in [1.82, 2.24) is 10.3 Å². The second kappa shape index (κ2) is 9.53. The number of aromatic hydroxyl groups is 1. The smallest absolute Gasteiger partial charge is 0.270 e. The Labute approximate surface area is 181 Å². The third-order valence-corrected chi connectivity index (χ3v) is 4.98. The van der Waals surface area contributed by atoms with Gasteiger partial charge in [-0.25, -0.2) is 4.39 Å². The summed E-state index contributed by atoms with van der Waals surface area (Å²) in [7, 11) is 0. The SMILES string of the molecule is CC(C)(CO)NC(=O)c1cc(CC(=O)Cc2cc(O)c(C(C)(C)CO)cc2F)ccn1.